The highest BCUT2D eigenvalue weighted by Crippen LogP contribution is 2.44. The molecule has 132 valence electrons. The van der Waals surface area contributed by atoms with Crippen LogP contribution in [0.25, 0.3) is 0 Å². The Morgan fingerprint density at radius 1 is 0.760 bits per heavy atom. The van der Waals surface area contributed by atoms with Crippen molar-refractivity contribution in [3.05, 3.63) is 59.7 Å². The van der Waals surface area contributed by atoms with Gasteiger partial charge in [0.25, 0.3) is 0 Å². The predicted molar refractivity (Wildman–Crippen MR) is 92.0 cm³/mol. The van der Waals surface area contributed by atoms with E-state index < -0.39 is 0 Å². The third-order valence-electron chi connectivity index (χ3n) is 4.58. The van der Waals surface area contributed by atoms with Crippen LogP contribution >= 0.6 is 0 Å². The van der Waals surface area contributed by atoms with Crippen LogP contribution in [0.1, 0.15) is 23.3 Å². The van der Waals surface area contributed by atoms with Gasteiger partial charge in [-0.3, -0.25) is 0 Å². The van der Waals surface area contributed by atoms with E-state index in [1.165, 1.54) is 0 Å². The van der Waals surface area contributed by atoms with Crippen LogP contribution in [0.2, 0.25) is 0 Å². The number of methoxy groups -OCH3 is 2. The van der Waals surface area contributed by atoms with E-state index in [2.05, 4.69) is 0 Å². The first-order valence-electron chi connectivity index (χ1n) is 8.46. The van der Waals surface area contributed by atoms with Crippen molar-refractivity contribution in [2.24, 2.45) is 0 Å². The van der Waals surface area contributed by atoms with Crippen molar-refractivity contribution in [3.63, 3.8) is 0 Å². The van der Waals surface area contributed by atoms with Crippen LogP contribution in [0.15, 0.2) is 48.5 Å². The molecule has 4 unspecified atom stereocenters. The number of para-hydroxylation sites is 2. The van der Waals surface area contributed by atoms with Gasteiger partial charge in [0.15, 0.2) is 0 Å². The number of hydrogen-bond acceptors (Lipinski definition) is 5. The lowest BCUT2D eigenvalue weighted by atomic mass is 10.0. The molecule has 2 aromatic carbocycles. The standard InChI is InChI=1S/C20H22O5/c1-21-15-9-5-3-7-13(15)19(17-11-23-17)25-20(18-12-24-18)14-8-4-6-10-16(14)22-2/h3-10,17-20H,11-12H2,1-2H3. The van der Waals surface area contributed by atoms with Gasteiger partial charge >= 0.3 is 0 Å². The van der Waals surface area contributed by atoms with Gasteiger partial charge in [0.05, 0.1) is 27.4 Å². The molecule has 2 heterocycles. The number of hydrogen-bond donors (Lipinski definition) is 0. The minimum atomic E-state index is -0.213. The summed E-state index contributed by atoms with van der Waals surface area (Å²) in [6.07, 6.45) is -0.356. The predicted octanol–water partition coefficient (Wildman–Crippen LogP) is 3.30. The average molecular weight is 342 g/mol. The van der Waals surface area contributed by atoms with Gasteiger partial charge in [-0.2, -0.15) is 0 Å². The Kier molecular flexibility index (Phi) is 4.61. The van der Waals surface area contributed by atoms with Gasteiger partial charge in [-0.25, -0.2) is 0 Å². The fraction of sp³-hybridized carbons (Fsp3) is 0.400. The summed E-state index contributed by atoms with van der Waals surface area (Å²) in [5.74, 6) is 1.61. The van der Waals surface area contributed by atoms with Gasteiger partial charge in [-0.15, -0.1) is 0 Å². The molecule has 5 nitrogen and oxygen atoms in total. The van der Waals surface area contributed by atoms with Crippen molar-refractivity contribution < 1.29 is 23.7 Å². The first-order chi connectivity index (χ1) is 12.3. The summed E-state index contributed by atoms with van der Waals surface area (Å²) in [6.45, 7) is 1.37. The Morgan fingerprint density at radius 3 is 1.52 bits per heavy atom. The Balaban J connectivity index is 1.66. The van der Waals surface area contributed by atoms with Crippen molar-refractivity contribution in [2.45, 2.75) is 24.4 Å². The summed E-state index contributed by atoms with van der Waals surface area (Å²) in [7, 11) is 3.34. The maximum atomic E-state index is 6.55. The van der Waals surface area contributed by atoms with Crippen molar-refractivity contribution in [1.82, 2.24) is 0 Å². The molecule has 5 heteroatoms. The molecule has 2 fully saturated rings. The maximum absolute atomic E-state index is 6.55. The molecule has 0 N–H and O–H groups in total. The lowest BCUT2D eigenvalue weighted by molar-refractivity contribution is -0.0436. The van der Waals surface area contributed by atoms with Crippen LogP contribution in [0.4, 0.5) is 0 Å². The SMILES string of the molecule is COc1ccccc1C(OC(c1ccccc1OC)C1CO1)C1CO1. The van der Waals surface area contributed by atoms with E-state index in [9.17, 15) is 0 Å². The molecular weight excluding hydrogens is 320 g/mol. The second-order valence-corrected chi connectivity index (χ2v) is 6.20. The van der Waals surface area contributed by atoms with Gasteiger partial charge < -0.3 is 23.7 Å². The van der Waals surface area contributed by atoms with Crippen LogP contribution < -0.4 is 9.47 Å². The molecule has 0 spiro atoms. The fourth-order valence-electron chi connectivity index (χ4n) is 3.14. The first kappa shape index (κ1) is 16.4. The molecule has 2 aliphatic rings. The molecule has 2 aromatic rings. The highest BCUT2D eigenvalue weighted by atomic mass is 16.6. The van der Waals surface area contributed by atoms with E-state index in [1.54, 1.807) is 14.2 Å². The molecule has 0 bridgehead atoms. The van der Waals surface area contributed by atoms with Gasteiger partial charge in [-0.1, -0.05) is 36.4 Å². The Bertz CT molecular complexity index is 662. The molecule has 0 aliphatic carbocycles. The second kappa shape index (κ2) is 7.04. The minimum absolute atomic E-state index is 0.0345. The molecule has 0 saturated carbocycles. The average Bonchev–Trinajstić information content (AvgIpc) is 3.56. The first-order valence-corrected chi connectivity index (χ1v) is 8.46. The van der Waals surface area contributed by atoms with Crippen LogP contribution in [-0.4, -0.2) is 39.6 Å². The summed E-state index contributed by atoms with van der Waals surface area (Å²) >= 11 is 0. The van der Waals surface area contributed by atoms with Crippen LogP contribution in [0.5, 0.6) is 11.5 Å². The number of rotatable bonds is 8. The highest BCUT2D eigenvalue weighted by molar-refractivity contribution is 5.38. The summed E-state index contributed by atoms with van der Waals surface area (Å²) in [5.41, 5.74) is 1.99. The quantitative estimate of drug-likeness (QED) is 0.689. The summed E-state index contributed by atoms with van der Waals surface area (Å²) < 4.78 is 28.7. The van der Waals surface area contributed by atoms with E-state index in [0.29, 0.717) is 13.2 Å². The maximum Gasteiger partial charge on any atom is 0.124 e. The molecule has 0 aromatic heterocycles. The Labute approximate surface area is 147 Å². The molecular formula is C20H22O5. The normalized spacial score (nSPS) is 23.6. The van der Waals surface area contributed by atoms with Crippen LogP contribution in [0, 0.1) is 0 Å². The monoisotopic (exact) mass is 342 g/mol. The van der Waals surface area contributed by atoms with Gasteiger partial charge in [0.2, 0.25) is 0 Å². The van der Waals surface area contributed by atoms with E-state index >= 15 is 0 Å². The summed E-state index contributed by atoms with van der Waals surface area (Å²) in [6, 6.07) is 15.8. The van der Waals surface area contributed by atoms with Crippen molar-refractivity contribution in [3.8, 4) is 11.5 Å². The molecule has 0 radical (unpaired) electrons. The number of benzene rings is 2. The van der Waals surface area contributed by atoms with Gasteiger partial charge in [0.1, 0.15) is 35.9 Å². The zero-order chi connectivity index (χ0) is 17.2. The van der Waals surface area contributed by atoms with Crippen molar-refractivity contribution in [2.75, 3.05) is 27.4 Å². The second-order valence-electron chi connectivity index (χ2n) is 6.20. The summed E-state index contributed by atoms with van der Waals surface area (Å²) in [4.78, 5) is 0. The van der Waals surface area contributed by atoms with Crippen LogP contribution in [0.3, 0.4) is 0 Å². The van der Waals surface area contributed by atoms with E-state index in [-0.39, 0.29) is 24.4 Å². The van der Waals surface area contributed by atoms with Crippen molar-refractivity contribution >= 4 is 0 Å². The lowest BCUT2D eigenvalue weighted by Gasteiger charge is -2.25. The van der Waals surface area contributed by atoms with E-state index in [1.807, 2.05) is 48.5 Å². The zero-order valence-electron chi connectivity index (χ0n) is 14.4. The topological polar surface area (TPSA) is 52.8 Å². The molecule has 25 heavy (non-hydrogen) atoms. The lowest BCUT2D eigenvalue weighted by Crippen LogP contribution is -2.20. The van der Waals surface area contributed by atoms with E-state index in [0.717, 1.165) is 22.6 Å². The summed E-state index contributed by atoms with van der Waals surface area (Å²) in [5, 5.41) is 0. The number of epoxide rings is 2. The largest absolute Gasteiger partial charge is 0.496 e. The fourth-order valence-corrected chi connectivity index (χ4v) is 3.14. The Morgan fingerprint density at radius 2 is 1.16 bits per heavy atom. The van der Waals surface area contributed by atoms with E-state index in [4.69, 9.17) is 23.7 Å². The minimum Gasteiger partial charge on any atom is -0.496 e. The third-order valence-corrected chi connectivity index (χ3v) is 4.58. The molecule has 0 amide bonds. The third kappa shape index (κ3) is 3.49. The number of ether oxygens (including phenoxy) is 5. The smallest absolute Gasteiger partial charge is 0.124 e. The molecule has 4 rings (SSSR count). The molecule has 2 aliphatic heterocycles. The zero-order valence-corrected chi connectivity index (χ0v) is 14.4. The Hall–Kier alpha value is -2.08. The highest BCUT2D eigenvalue weighted by Gasteiger charge is 2.43. The van der Waals surface area contributed by atoms with Crippen LogP contribution in [-0.2, 0) is 14.2 Å². The molecule has 4 atom stereocenters. The molecule has 2 saturated heterocycles. The van der Waals surface area contributed by atoms with Gasteiger partial charge in [-0.05, 0) is 12.1 Å². The van der Waals surface area contributed by atoms with Crippen molar-refractivity contribution in [1.29, 1.82) is 0 Å². The van der Waals surface area contributed by atoms with Gasteiger partial charge in [0, 0.05) is 11.1 Å².